The average Bonchev–Trinajstić information content (AvgIpc) is 3.00. The van der Waals surface area contributed by atoms with E-state index in [-0.39, 0.29) is 23.4 Å². The second-order valence-corrected chi connectivity index (χ2v) is 9.26. The first-order valence-electron chi connectivity index (χ1n) is 9.26. The minimum atomic E-state index is -3.92. The zero-order valence-electron chi connectivity index (χ0n) is 16.6. The molecular formula is C21H16ClFN4O4S. The van der Waals surface area contributed by atoms with Gasteiger partial charge in [-0.05, 0) is 48.0 Å². The Hall–Kier alpha value is -3.50. The van der Waals surface area contributed by atoms with Crippen LogP contribution in [0, 0.1) is 5.95 Å². The van der Waals surface area contributed by atoms with Gasteiger partial charge in [0.25, 0.3) is 11.5 Å². The monoisotopic (exact) mass is 474 g/mol. The van der Waals surface area contributed by atoms with Gasteiger partial charge in [-0.3, -0.25) is 9.59 Å². The van der Waals surface area contributed by atoms with E-state index in [1.54, 1.807) is 30.3 Å². The third-order valence-electron chi connectivity index (χ3n) is 4.74. The van der Waals surface area contributed by atoms with Crippen molar-refractivity contribution in [1.82, 2.24) is 19.3 Å². The Kier molecular flexibility index (Phi) is 5.57. The number of nitrogens with one attached hydrogen (secondary N) is 2. The largest absolute Gasteiger partial charge is 0.331 e. The second-order valence-electron chi connectivity index (χ2n) is 7.07. The summed E-state index contributed by atoms with van der Waals surface area (Å²) in [7, 11) is -3.92. The standard InChI is InChI=1S/C21H16ClFN4O4S/c1-32(30,31)26-21(29)19-18(14-3-2-7-25-20(14)28)15-10-13(22)4-5-16(15)27(19)11-12-6-8-24-17(23)9-12/h2-10H,11H2,1H3,(H,25,28)(H,26,29). The van der Waals surface area contributed by atoms with Gasteiger partial charge in [0.1, 0.15) is 5.69 Å². The Labute approximate surface area is 186 Å². The number of sulfonamides is 1. The van der Waals surface area contributed by atoms with Crippen molar-refractivity contribution in [3.63, 3.8) is 0 Å². The van der Waals surface area contributed by atoms with Crippen molar-refractivity contribution in [2.24, 2.45) is 0 Å². The number of H-pyrrole nitrogens is 1. The number of aromatic nitrogens is 3. The predicted molar refractivity (Wildman–Crippen MR) is 119 cm³/mol. The van der Waals surface area contributed by atoms with Crippen LogP contribution in [0.3, 0.4) is 0 Å². The zero-order valence-corrected chi connectivity index (χ0v) is 18.2. The van der Waals surface area contributed by atoms with E-state index in [1.807, 2.05) is 4.72 Å². The van der Waals surface area contributed by atoms with Crippen molar-refractivity contribution in [2.45, 2.75) is 6.54 Å². The summed E-state index contributed by atoms with van der Waals surface area (Å²) in [5, 5.41) is 0.815. The summed E-state index contributed by atoms with van der Waals surface area (Å²) >= 11 is 6.20. The molecule has 0 fully saturated rings. The molecule has 0 bridgehead atoms. The molecule has 2 N–H and O–H groups in total. The quantitative estimate of drug-likeness (QED) is 0.432. The van der Waals surface area contributed by atoms with E-state index in [4.69, 9.17) is 11.6 Å². The first kappa shape index (κ1) is 21.7. The van der Waals surface area contributed by atoms with E-state index in [2.05, 4.69) is 9.97 Å². The van der Waals surface area contributed by atoms with Crippen molar-refractivity contribution in [3.05, 3.63) is 87.4 Å². The van der Waals surface area contributed by atoms with Crippen LogP contribution >= 0.6 is 11.6 Å². The van der Waals surface area contributed by atoms with E-state index >= 15 is 0 Å². The minimum absolute atomic E-state index is 0.00876. The van der Waals surface area contributed by atoms with E-state index in [1.165, 1.54) is 29.1 Å². The third kappa shape index (κ3) is 4.27. The number of carbonyl (C=O) groups is 1. The highest BCUT2D eigenvalue weighted by atomic mass is 35.5. The lowest BCUT2D eigenvalue weighted by Crippen LogP contribution is -2.31. The SMILES string of the molecule is CS(=O)(=O)NC(=O)c1c(-c2ccc[nH]c2=O)c2cc(Cl)ccc2n1Cc1ccnc(F)c1. The van der Waals surface area contributed by atoms with E-state index in [0.717, 1.165) is 6.26 Å². The highest BCUT2D eigenvalue weighted by Gasteiger charge is 2.27. The van der Waals surface area contributed by atoms with Crippen molar-refractivity contribution >= 4 is 38.4 Å². The Morgan fingerprint density at radius 2 is 2.03 bits per heavy atom. The van der Waals surface area contributed by atoms with Crippen LogP contribution in [0.1, 0.15) is 16.1 Å². The molecule has 0 aliphatic carbocycles. The van der Waals surface area contributed by atoms with E-state index in [0.29, 0.717) is 21.5 Å². The number of rotatable bonds is 5. The summed E-state index contributed by atoms with van der Waals surface area (Å²) in [5.74, 6) is -1.64. The Balaban J connectivity index is 2.09. The normalized spacial score (nSPS) is 11.6. The highest BCUT2D eigenvalue weighted by Crippen LogP contribution is 2.35. The summed E-state index contributed by atoms with van der Waals surface area (Å²) < 4.78 is 40.8. The van der Waals surface area contributed by atoms with Crippen molar-refractivity contribution in [3.8, 4) is 11.1 Å². The number of fused-ring (bicyclic) bond motifs is 1. The lowest BCUT2D eigenvalue weighted by molar-refractivity contribution is 0.0974. The molecule has 0 aliphatic heterocycles. The molecule has 1 amide bonds. The van der Waals surface area contributed by atoms with Crippen LogP contribution in [-0.2, 0) is 16.6 Å². The number of carbonyl (C=O) groups excluding carboxylic acids is 1. The molecule has 0 unspecified atom stereocenters. The molecule has 0 spiro atoms. The van der Waals surface area contributed by atoms with Crippen molar-refractivity contribution < 1.29 is 17.6 Å². The van der Waals surface area contributed by atoms with Gasteiger partial charge in [-0.15, -0.1) is 0 Å². The van der Waals surface area contributed by atoms with Crippen molar-refractivity contribution in [1.29, 1.82) is 0 Å². The molecule has 0 radical (unpaired) electrons. The Bertz CT molecular complexity index is 1530. The van der Waals surface area contributed by atoms with Crippen LogP contribution < -0.4 is 10.3 Å². The summed E-state index contributed by atoms with van der Waals surface area (Å²) in [6.45, 7) is 0.00876. The number of amides is 1. The van der Waals surface area contributed by atoms with Gasteiger partial charge in [-0.1, -0.05) is 11.6 Å². The average molecular weight is 475 g/mol. The van der Waals surface area contributed by atoms with Gasteiger partial charge in [0.2, 0.25) is 16.0 Å². The maximum absolute atomic E-state index is 13.7. The van der Waals surface area contributed by atoms with E-state index < -0.39 is 27.4 Å². The number of benzene rings is 1. The maximum Gasteiger partial charge on any atom is 0.282 e. The second kappa shape index (κ2) is 8.21. The fourth-order valence-electron chi connectivity index (χ4n) is 3.56. The van der Waals surface area contributed by atoms with Crippen LogP contribution in [0.2, 0.25) is 5.02 Å². The van der Waals surface area contributed by atoms with Gasteiger partial charge < -0.3 is 9.55 Å². The van der Waals surface area contributed by atoms with Crippen molar-refractivity contribution in [2.75, 3.05) is 6.26 Å². The van der Waals surface area contributed by atoms with Gasteiger partial charge in [-0.25, -0.2) is 18.1 Å². The summed E-state index contributed by atoms with van der Waals surface area (Å²) in [4.78, 5) is 31.9. The molecule has 0 aliphatic rings. The number of aromatic amines is 1. The van der Waals surface area contributed by atoms with E-state index in [9.17, 15) is 22.4 Å². The molecule has 1 aromatic carbocycles. The molecule has 11 heteroatoms. The molecule has 4 rings (SSSR count). The molecule has 0 atom stereocenters. The third-order valence-corrected chi connectivity index (χ3v) is 5.53. The first-order valence-corrected chi connectivity index (χ1v) is 11.5. The number of hydrogen-bond acceptors (Lipinski definition) is 5. The Morgan fingerprint density at radius 1 is 1.25 bits per heavy atom. The van der Waals surface area contributed by atoms with Gasteiger partial charge in [0.15, 0.2) is 0 Å². The molecule has 3 heterocycles. The van der Waals surface area contributed by atoms with Crippen LogP contribution in [0.15, 0.2) is 59.7 Å². The first-order chi connectivity index (χ1) is 15.1. The predicted octanol–water partition coefficient (Wildman–Crippen LogP) is 2.92. The van der Waals surface area contributed by atoms with Gasteiger partial charge in [0.05, 0.1) is 6.26 Å². The fraction of sp³-hybridized carbons (Fsp3) is 0.0952. The number of halogens is 2. The topological polar surface area (TPSA) is 114 Å². The molecule has 3 aromatic heterocycles. The lowest BCUT2D eigenvalue weighted by atomic mass is 10.0. The smallest absolute Gasteiger partial charge is 0.282 e. The summed E-state index contributed by atoms with van der Waals surface area (Å²) in [5.41, 5.74) is 0.782. The van der Waals surface area contributed by atoms with Gasteiger partial charge in [0, 0.05) is 46.0 Å². The molecule has 4 aromatic rings. The summed E-state index contributed by atoms with van der Waals surface area (Å²) in [6, 6.07) is 10.7. The highest BCUT2D eigenvalue weighted by molar-refractivity contribution is 7.89. The van der Waals surface area contributed by atoms with Crippen LogP contribution in [0.4, 0.5) is 4.39 Å². The fourth-order valence-corrected chi connectivity index (χ4v) is 4.16. The lowest BCUT2D eigenvalue weighted by Gasteiger charge is -2.12. The van der Waals surface area contributed by atoms with Crippen LogP contribution in [0.5, 0.6) is 0 Å². The molecular weight excluding hydrogens is 459 g/mol. The number of pyridine rings is 2. The Morgan fingerprint density at radius 3 is 2.72 bits per heavy atom. The molecule has 0 saturated heterocycles. The van der Waals surface area contributed by atoms with Gasteiger partial charge in [-0.2, -0.15) is 4.39 Å². The molecule has 0 saturated carbocycles. The van der Waals surface area contributed by atoms with Crippen LogP contribution in [-0.4, -0.2) is 35.1 Å². The number of nitrogens with zero attached hydrogens (tertiary/aromatic N) is 2. The zero-order chi connectivity index (χ0) is 23.0. The molecule has 8 nitrogen and oxygen atoms in total. The van der Waals surface area contributed by atoms with Crippen LogP contribution in [0.25, 0.3) is 22.0 Å². The summed E-state index contributed by atoms with van der Waals surface area (Å²) in [6.07, 6.45) is 3.57. The molecule has 32 heavy (non-hydrogen) atoms. The minimum Gasteiger partial charge on any atom is -0.331 e. The van der Waals surface area contributed by atoms with Gasteiger partial charge >= 0.3 is 0 Å². The maximum atomic E-state index is 13.7. The number of hydrogen-bond donors (Lipinski definition) is 2. The molecule has 164 valence electrons.